The summed E-state index contributed by atoms with van der Waals surface area (Å²) >= 11 is 0. The molecule has 0 aliphatic rings. The third kappa shape index (κ3) is 14.4. The van der Waals surface area contributed by atoms with Crippen LogP contribution in [0.25, 0.3) is 0 Å². The lowest BCUT2D eigenvalue weighted by molar-refractivity contribution is -0.193. The molecule has 2 atom stereocenters. The van der Waals surface area contributed by atoms with Crippen LogP contribution >= 0.6 is 0 Å². The molecule has 0 fully saturated rings. The Morgan fingerprint density at radius 3 is 1.33 bits per heavy atom. The Morgan fingerprint density at radius 1 is 0.758 bits per heavy atom. The SMILES string of the molecule is COC(=O)C(C)N.COC(=O)C(C)N=C(c1ccccc1)c1ccccc1.O=C=O.O=C=O. The molecule has 0 aliphatic carbocycles. The Hall–Kier alpha value is -4.23. The monoisotopic (exact) mass is 458 g/mol. The summed E-state index contributed by atoms with van der Waals surface area (Å²) in [5, 5.41) is 0. The lowest BCUT2D eigenvalue weighted by atomic mass is 10.0. The van der Waals surface area contributed by atoms with E-state index in [1.807, 2.05) is 60.7 Å². The van der Waals surface area contributed by atoms with Gasteiger partial charge in [0.15, 0.2) is 0 Å². The Bertz CT molecular complexity index is 862. The molecule has 0 radical (unpaired) electrons. The molecule has 2 N–H and O–H groups in total. The summed E-state index contributed by atoms with van der Waals surface area (Å²) in [4.78, 5) is 58.8. The van der Waals surface area contributed by atoms with Crippen molar-refractivity contribution in [2.24, 2.45) is 10.7 Å². The number of methoxy groups -OCH3 is 2. The molecule has 33 heavy (non-hydrogen) atoms. The molecule has 0 aromatic heterocycles. The molecule has 2 aromatic carbocycles. The van der Waals surface area contributed by atoms with Crippen molar-refractivity contribution in [2.75, 3.05) is 14.2 Å². The molecular formula is C23H26N2O8. The summed E-state index contributed by atoms with van der Waals surface area (Å²) < 4.78 is 8.99. The standard InChI is InChI=1S/C17H17NO2.C4H9NO2.2CO2/c1-13(17(19)20-2)18-16(14-9-5-3-6-10-14)15-11-7-4-8-12-15;1-3(5)4(6)7-2;2*2-1-3/h3-13H,1-2H3;3H,5H2,1-2H3;;. The molecule has 0 bridgehead atoms. The Labute approximate surface area is 191 Å². The Kier molecular flexibility index (Phi) is 18.5. The second-order valence-electron chi connectivity index (χ2n) is 5.89. The second-order valence-corrected chi connectivity index (χ2v) is 5.89. The van der Waals surface area contributed by atoms with E-state index in [1.54, 1.807) is 13.8 Å². The van der Waals surface area contributed by atoms with Crippen molar-refractivity contribution in [2.45, 2.75) is 25.9 Å². The largest absolute Gasteiger partial charge is 0.468 e. The fraction of sp³-hybridized carbons (Fsp3) is 0.261. The molecule has 0 heterocycles. The van der Waals surface area contributed by atoms with Crippen LogP contribution in [0.1, 0.15) is 25.0 Å². The van der Waals surface area contributed by atoms with Gasteiger partial charge in [0, 0.05) is 11.1 Å². The predicted octanol–water partition coefficient (Wildman–Crippen LogP) is 1.43. The molecule has 0 aliphatic heterocycles. The van der Waals surface area contributed by atoms with E-state index in [0.717, 1.165) is 16.8 Å². The van der Waals surface area contributed by atoms with E-state index in [4.69, 9.17) is 29.6 Å². The van der Waals surface area contributed by atoms with Crippen LogP contribution in [0.2, 0.25) is 0 Å². The van der Waals surface area contributed by atoms with Crippen molar-refractivity contribution in [1.82, 2.24) is 0 Å². The minimum Gasteiger partial charge on any atom is -0.468 e. The first-order valence-corrected chi connectivity index (χ1v) is 9.32. The molecule has 176 valence electrons. The average Bonchev–Trinajstić information content (AvgIpc) is 2.83. The first-order chi connectivity index (χ1) is 15.7. The zero-order chi connectivity index (χ0) is 25.6. The number of benzene rings is 2. The molecule has 0 spiro atoms. The molecule has 2 rings (SSSR count). The first-order valence-electron chi connectivity index (χ1n) is 9.32. The zero-order valence-corrected chi connectivity index (χ0v) is 18.7. The summed E-state index contributed by atoms with van der Waals surface area (Å²) in [6, 6.07) is 18.6. The van der Waals surface area contributed by atoms with Crippen molar-refractivity contribution in [1.29, 1.82) is 0 Å². The minimum atomic E-state index is -0.532. The maximum absolute atomic E-state index is 11.6. The number of nitrogens with zero attached hydrogens (tertiary/aromatic N) is 1. The van der Waals surface area contributed by atoms with E-state index < -0.39 is 12.1 Å². The highest BCUT2D eigenvalue weighted by Gasteiger charge is 2.14. The Morgan fingerprint density at radius 2 is 1.09 bits per heavy atom. The maximum Gasteiger partial charge on any atom is 0.373 e. The number of hydrogen-bond acceptors (Lipinski definition) is 10. The summed E-state index contributed by atoms with van der Waals surface area (Å²) in [7, 11) is 2.69. The summed E-state index contributed by atoms with van der Waals surface area (Å²) in [6.45, 7) is 3.31. The van der Waals surface area contributed by atoms with Gasteiger partial charge in [0.1, 0.15) is 12.1 Å². The molecule has 2 aromatic rings. The van der Waals surface area contributed by atoms with E-state index in [9.17, 15) is 9.59 Å². The predicted molar refractivity (Wildman–Crippen MR) is 116 cm³/mol. The molecule has 0 saturated heterocycles. The molecular weight excluding hydrogens is 432 g/mol. The van der Waals surface area contributed by atoms with Crippen molar-refractivity contribution in [3.63, 3.8) is 0 Å². The number of esters is 2. The van der Waals surface area contributed by atoms with Gasteiger partial charge in [-0.05, 0) is 13.8 Å². The van der Waals surface area contributed by atoms with Crippen LogP contribution in [-0.4, -0.2) is 56.3 Å². The van der Waals surface area contributed by atoms with Crippen LogP contribution in [0, 0.1) is 0 Å². The topological polar surface area (TPSA) is 159 Å². The fourth-order valence-corrected chi connectivity index (χ4v) is 2.11. The van der Waals surface area contributed by atoms with Gasteiger partial charge in [-0.1, -0.05) is 60.7 Å². The highest BCUT2D eigenvalue weighted by molar-refractivity contribution is 6.13. The Balaban J connectivity index is 0. The van der Waals surface area contributed by atoms with E-state index >= 15 is 0 Å². The first kappa shape index (κ1) is 31.0. The average molecular weight is 458 g/mol. The van der Waals surface area contributed by atoms with Crippen LogP contribution in [0.3, 0.4) is 0 Å². The third-order valence-electron chi connectivity index (χ3n) is 3.53. The summed E-state index contributed by atoms with van der Waals surface area (Å²) in [5.74, 6) is -0.714. The van der Waals surface area contributed by atoms with Gasteiger partial charge in [0.05, 0.1) is 19.9 Å². The van der Waals surface area contributed by atoms with Gasteiger partial charge in [0.2, 0.25) is 0 Å². The number of ether oxygens (including phenoxy) is 2. The van der Waals surface area contributed by atoms with Crippen molar-refractivity contribution >= 4 is 30.0 Å². The fourth-order valence-electron chi connectivity index (χ4n) is 2.11. The normalized spacial score (nSPS) is 10.2. The van der Waals surface area contributed by atoms with Crippen molar-refractivity contribution < 1.29 is 38.2 Å². The van der Waals surface area contributed by atoms with Crippen molar-refractivity contribution in [3.05, 3.63) is 71.8 Å². The number of aliphatic imine (C=N–C) groups is 1. The lowest BCUT2D eigenvalue weighted by Gasteiger charge is -2.10. The molecule has 10 nitrogen and oxygen atoms in total. The van der Waals surface area contributed by atoms with Gasteiger partial charge in [-0.25, -0.2) is 4.79 Å². The summed E-state index contributed by atoms with van der Waals surface area (Å²) in [6.07, 6.45) is 0.500. The van der Waals surface area contributed by atoms with Gasteiger partial charge < -0.3 is 15.2 Å². The molecule has 0 saturated carbocycles. The highest BCUT2D eigenvalue weighted by Crippen LogP contribution is 2.12. The quantitative estimate of drug-likeness (QED) is 0.516. The van der Waals surface area contributed by atoms with Crippen LogP contribution in [0.4, 0.5) is 0 Å². The maximum atomic E-state index is 11.6. The molecule has 2 unspecified atom stereocenters. The number of hydrogen-bond donors (Lipinski definition) is 1. The number of rotatable bonds is 5. The van der Waals surface area contributed by atoms with Crippen LogP contribution in [-0.2, 0) is 38.2 Å². The zero-order valence-electron chi connectivity index (χ0n) is 18.7. The number of nitrogens with two attached hydrogens (primary N) is 1. The number of carbonyl (C=O) groups is 2. The highest BCUT2D eigenvalue weighted by atomic mass is 16.5. The third-order valence-corrected chi connectivity index (χ3v) is 3.53. The van der Waals surface area contributed by atoms with Gasteiger partial charge in [0.25, 0.3) is 0 Å². The molecule has 0 amide bonds. The van der Waals surface area contributed by atoms with Crippen molar-refractivity contribution in [3.8, 4) is 0 Å². The van der Waals surface area contributed by atoms with E-state index in [0.29, 0.717) is 0 Å². The van der Waals surface area contributed by atoms with E-state index in [1.165, 1.54) is 14.2 Å². The van der Waals surface area contributed by atoms with E-state index in [2.05, 4.69) is 9.73 Å². The number of carbonyl (C=O) groups excluding carboxylic acids is 6. The van der Waals surface area contributed by atoms with Gasteiger partial charge >= 0.3 is 24.2 Å². The second kappa shape index (κ2) is 19.7. The smallest absolute Gasteiger partial charge is 0.373 e. The molecule has 10 heteroatoms. The van der Waals surface area contributed by atoms with Crippen LogP contribution in [0.5, 0.6) is 0 Å². The van der Waals surface area contributed by atoms with Crippen LogP contribution in [0.15, 0.2) is 65.7 Å². The van der Waals surface area contributed by atoms with Crippen LogP contribution < -0.4 is 5.73 Å². The van der Waals surface area contributed by atoms with Gasteiger partial charge in [-0.3, -0.25) is 9.79 Å². The van der Waals surface area contributed by atoms with E-state index in [-0.39, 0.29) is 24.2 Å². The van der Waals surface area contributed by atoms with Gasteiger partial charge in [-0.15, -0.1) is 0 Å². The summed E-state index contributed by atoms with van der Waals surface area (Å²) in [5.41, 5.74) is 7.83. The minimum absolute atomic E-state index is 0.250. The lowest BCUT2D eigenvalue weighted by Crippen LogP contribution is -2.27. The van der Waals surface area contributed by atoms with Gasteiger partial charge in [-0.2, -0.15) is 19.2 Å².